The Morgan fingerprint density at radius 3 is 2.95 bits per heavy atom. The first kappa shape index (κ1) is 14.8. The van der Waals surface area contributed by atoms with E-state index in [0.29, 0.717) is 18.5 Å². The van der Waals surface area contributed by atoms with Crippen LogP contribution in [0.2, 0.25) is 0 Å². The van der Waals surface area contributed by atoms with E-state index in [0.717, 1.165) is 17.0 Å². The summed E-state index contributed by atoms with van der Waals surface area (Å²) in [5.74, 6) is -1.68. The summed E-state index contributed by atoms with van der Waals surface area (Å²) in [4.78, 5) is 11.4. The van der Waals surface area contributed by atoms with E-state index < -0.39 is 28.2 Å². The first-order valence-corrected chi connectivity index (χ1v) is 8.37. The monoisotopic (exact) mass is 315 g/mol. The summed E-state index contributed by atoms with van der Waals surface area (Å²) >= 11 is 1.22. The molecule has 1 aliphatic rings. The molecule has 0 aromatic carbocycles. The lowest BCUT2D eigenvalue weighted by atomic mass is 10.1. The molecule has 0 unspecified atom stereocenters. The number of fused-ring (bicyclic) bond motifs is 1. The van der Waals surface area contributed by atoms with E-state index >= 15 is 0 Å². The van der Waals surface area contributed by atoms with Crippen LogP contribution in [-0.4, -0.2) is 31.8 Å². The number of nitrogens with one attached hydrogen (secondary N) is 2. The number of anilines is 1. The van der Waals surface area contributed by atoms with Crippen LogP contribution >= 0.6 is 11.3 Å². The predicted molar refractivity (Wildman–Crippen MR) is 74.1 cm³/mol. The Morgan fingerprint density at radius 1 is 1.55 bits per heavy atom. The fourth-order valence-corrected chi connectivity index (χ4v) is 4.44. The van der Waals surface area contributed by atoms with Gasteiger partial charge in [0.2, 0.25) is 10.0 Å². The second kappa shape index (κ2) is 5.78. The Hall–Kier alpha value is -1.63. The van der Waals surface area contributed by atoms with Crippen molar-refractivity contribution in [2.24, 2.45) is 0 Å². The second-order valence-corrected chi connectivity index (χ2v) is 7.26. The molecular formula is C11H13N3O4S2. The highest BCUT2D eigenvalue weighted by Gasteiger charge is 2.23. The minimum Gasteiger partial charge on any atom is -0.481 e. The molecule has 0 fully saturated rings. The summed E-state index contributed by atoms with van der Waals surface area (Å²) in [6.45, 7) is 1.37. The van der Waals surface area contributed by atoms with Crippen LogP contribution in [0, 0.1) is 11.3 Å². The predicted octanol–water partition coefficient (Wildman–Crippen LogP) is 0.482. The van der Waals surface area contributed by atoms with Crippen molar-refractivity contribution >= 4 is 32.3 Å². The first-order valence-electron chi connectivity index (χ1n) is 5.90. The van der Waals surface area contributed by atoms with Crippen LogP contribution in [0.5, 0.6) is 0 Å². The minimum absolute atomic E-state index is 0.284. The maximum atomic E-state index is 11.8. The molecule has 0 aliphatic carbocycles. The molecule has 1 aromatic heterocycles. The number of hydrogen-bond acceptors (Lipinski definition) is 6. The Kier molecular flexibility index (Phi) is 4.27. The van der Waals surface area contributed by atoms with Crippen molar-refractivity contribution in [3.63, 3.8) is 0 Å². The molecule has 0 atom stereocenters. The molecule has 0 radical (unpaired) electrons. The van der Waals surface area contributed by atoms with Gasteiger partial charge in [0, 0.05) is 11.4 Å². The number of nitriles is 1. The third-order valence-electron chi connectivity index (χ3n) is 2.87. The summed E-state index contributed by atoms with van der Waals surface area (Å²) < 4.78 is 25.9. The maximum absolute atomic E-state index is 11.8. The average molecular weight is 315 g/mol. The molecule has 0 spiro atoms. The van der Waals surface area contributed by atoms with Gasteiger partial charge >= 0.3 is 5.97 Å². The van der Waals surface area contributed by atoms with E-state index in [1.165, 1.54) is 11.3 Å². The SMILES string of the molecule is N#Cc1c(NS(=O)(=O)CCC(=O)O)sc2c1CCNC2. The molecular weight excluding hydrogens is 302 g/mol. The molecule has 1 aromatic rings. The number of sulfonamides is 1. The van der Waals surface area contributed by atoms with E-state index in [1.54, 1.807) is 0 Å². The minimum atomic E-state index is -3.75. The zero-order chi connectivity index (χ0) is 14.8. The van der Waals surface area contributed by atoms with Crippen molar-refractivity contribution in [1.29, 1.82) is 5.26 Å². The highest BCUT2D eigenvalue weighted by atomic mass is 32.2. The molecule has 2 heterocycles. The molecule has 3 N–H and O–H groups in total. The first-order chi connectivity index (χ1) is 9.43. The molecule has 0 amide bonds. The van der Waals surface area contributed by atoms with Gasteiger partial charge in [0.05, 0.1) is 17.7 Å². The summed E-state index contributed by atoms with van der Waals surface area (Å²) in [6, 6.07) is 2.03. The third-order valence-corrected chi connectivity index (χ3v) is 5.41. The average Bonchev–Trinajstić information content (AvgIpc) is 2.72. The summed E-state index contributed by atoms with van der Waals surface area (Å²) in [6.07, 6.45) is 0.218. The van der Waals surface area contributed by atoms with Crippen LogP contribution in [0.3, 0.4) is 0 Å². The van der Waals surface area contributed by atoms with Crippen molar-refractivity contribution in [2.45, 2.75) is 19.4 Å². The van der Waals surface area contributed by atoms with E-state index in [-0.39, 0.29) is 5.00 Å². The third kappa shape index (κ3) is 3.27. The van der Waals surface area contributed by atoms with Gasteiger partial charge in [0.15, 0.2) is 0 Å². The number of thiophene rings is 1. The van der Waals surface area contributed by atoms with E-state index in [1.807, 2.05) is 6.07 Å². The number of carbonyl (C=O) groups is 1. The highest BCUT2D eigenvalue weighted by Crippen LogP contribution is 2.35. The quantitative estimate of drug-likeness (QED) is 0.727. The van der Waals surface area contributed by atoms with Gasteiger partial charge in [-0.05, 0) is 18.5 Å². The van der Waals surface area contributed by atoms with Crippen LogP contribution in [0.1, 0.15) is 22.4 Å². The smallest absolute Gasteiger partial charge is 0.304 e. The van der Waals surface area contributed by atoms with Gasteiger partial charge in [-0.15, -0.1) is 11.3 Å². The normalized spacial score (nSPS) is 14.3. The summed E-state index contributed by atoms with van der Waals surface area (Å²) in [5.41, 5.74) is 1.23. The number of hydrogen-bond donors (Lipinski definition) is 3. The lowest BCUT2D eigenvalue weighted by Crippen LogP contribution is -2.22. The topological polar surface area (TPSA) is 119 Å². The van der Waals surface area contributed by atoms with Crippen LogP contribution in [0.15, 0.2) is 0 Å². The maximum Gasteiger partial charge on any atom is 0.304 e. The number of rotatable bonds is 5. The van der Waals surface area contributed by atoms with Crippen LogP contribution < -0.4 is 10.0 Å². The Labute approximate surface area is 120 Å². The van der Waals surface area contributed by atoms with Gasteiger partial charge in [0.1, 0.15) is 11.1 Å². The van der Waals surface area contributed by atoms with Crippen molar-refractivity contribution in [3.05, 3.63) is 16.0 Å². The number of nitrogens with zero attached hydrogens (tertiary/aromatic N) is 1. The van der Waals surface area contributed by atoms with Crippen molar-refractivity contribution in [2.75, 3.05) is 17.0 Å². The fourth-order valence-electron chi connectivity index (χ4n) is 1.94. The fraction of sp³-hybridized carbons (Fsp3) is 0.455. The lowest BCUT2D eigenvalue weighted by molar-refractivity contribution is -0.136. The molecule has 9 heteroatoms. The zero-order valence-corrected chi connectivity index (χ0v) is 12.1. The van der Waals surface area contributed by atoms with Crippen molar-refractivity contribution in [1.82, 2.24) is 5.32 Å². The largest absolute Gasteiger partial charge is 0.481 e. The van der Waals surface area contributed by atoms with Crippen molar-refractivity contribution < 1.29 is 18.3 Å². The molecule has 7 nitrogen and oxygen atoms in total. The highest BCUT2D eigenvalue weighted by molar-refractivity contribution is 7.92. The number of carboxylic acids is 1. The van der Waals surface area contributed by atoms with Gasteiger partial charge < -0.3 is 10.4 Å². The standard InChI is InChI=1S/C11H13N3O4S2/c12-5-8-7-1-3-13-6-9(7)19-11(8)14-20(17,18)4-2-10(15)16/h13-14H,1-4,6H2,(H,15,16). The summed E-state index contributed by atoms with van der Waals surface area (Å²) in [5, 5.41) is 21.2. The Morgan fingerprint density at radius 2 is 2.30 bits per heavy atom. The van der Waals surface area contributed by atoms with Gasteiger partial charge in [-0.3, -0.25) is 9.52 Å². The number of carboxylic acid groups (broad SMARTS) is 1. The van der Waals surface area contributed by atoms with Crippen molar-refractivity contribution in [3.8, 4) is 6.07 Å². The lowest BCUT2D eigenvalue weighted by Gasteiger charge is -2.11. The van der Waals surface area contributed by atoms with Crippen LogP contribution in [0.25, 0.3) is 0 Å². The van der Waals surface area contributed by atoms with Gasteiger partial charge in [-0.25, -0.2) is 8.42 Å². The molecule has 0 saturated heterocycles. The molecule has 108 valence electrons. The van der Waals surface area contributed by atoms with Crippen LogP contribution in [-0.2, 0) is 27.8 Å². The molecule has 0 bridgehead atoms. The molecule has 2 rings (SSSR count). The Balaban J connectivity index is 2.23. The molecule has 20 heavy (non-hydrogen) atoms. The van der Waals surface area contributed by atoms with E-state index in [2.05, 4.69) is 10.0 Å². The van der Waals surface area contributed by atoms with E-state index in [4.69, 9.17) is 5.11 Å². The van der Waals surface area contributed by atoms with E-state index in [9.17, 15) is 18.5 Å². The number of aliphatic carboxylic acids is 1. The van der Waals surface area contributed by atoms with Gasteiger partial charge in [-0.2, -0.15) is 5.26 Å². The summed E-state index contributed by atoms with van der Waals surface area (Å²) in [7, 11) is -3.75. The zero-order valence-electron chi connectivity index (χ0n) is 10.5. The van der Waals surface area contributed by atoms with Crippen LogP contribution in [0.4, 0.5) is 5.00 Å². The molecule has 1 aliphatic heterocycles. The molecule has 0 saturated carbocycles. The Bertz CT molecular complexity index is 673. The van der Waals surface area contributed by atoms with Gasteiger partial charge in [0.25, 0.3) is 0 Å². The van der Waals surface area contributed by atoms with Gasteiger partial charge in [-0.1, -0.05) is 0 Å². The second-order valence-electron chi connectivity index (χ2n) is 4.31.